The van der Waals surface area contributed by atoms with E-state index in [1.807, 2.05) is 0 Å². The first-order valence-corrected chi connectivity index (χ1v) is 13.1. The van der Waals surface area contributed by atoms with Crippen molar-refractivity contribution in [3.63, 3.8) is 0 Å². The molecule has 5 N–H and O–H groups in total. The highest BCUT2D eigenvalue weighted by molar-refractivity contribution is 8.39. The predicted octanol–water partition coefficient (Wildman–Crippen LogP) is -2.01. The minimum absolute atomic E-state index is 0.0235. The molecule has 2 aliphatic rings. The second-order valence-corrected chi connectivity index (χ2v) is 11.1. The SMILES string of the molecule is COC1(NC(=O)C2SC(=C(C(N)=O)C(=O)O)S2)C(=O)N(C(C(=O)O)=C(CS)CSc2nnnn2C)C1=O. The van der Waals surface area contributed by atoms with Crippen LogP contribution in [0.25, 0.3) is 0 Å². The number of amides is 4. The van der Waals surface area contributed by atoms with Crippen LogP contribution < -0.4 is 11.1 Å². The molecule has 37 heavy (non-hydrogen) atoms. The minimum atomic E-state index is -2.50. The van der Waals surface area contributed by atoms with Gasteiger partial charge in [0.1, 0.15) is 15.9 Å². The van der Waals surface area contributed by atoms with Crippen molar-refractivity contribution in [3.05, 3.63) is 21.1 Å². The Balaban J connectivity index is 1.79. The van der Waals surface area contributed by atoms with Gasteiger partial charge in [-0.2, -0.15) is 12.6 Å². The summed E-state index contributed by atoms with van der Waals surface area (Å²) in [7, 11) is 2.53. The molecule has 0 bridgehead atoms. The Bertz CT molecular complexity index is 1240. The number of nitrogens with one attached hydrogen (secondary N) is 1. The Morgan fingerprint density at radius 2 is 1.84 bits per heavy atom. The molecule has 2 aliphatic heterocycles. The number of aliphatic carboxylic acids is 2. The number of primary amides is 1. The van der Waals surface area contributed by atoms with Crippen molar-refractivity contribution in [2.75, 3.05) is 18.6 Å². The molecule has 0 aliphatic carbocycles. The molecule has 0 saturated carbocycles. The van der Waals surface area contributed by atoms with Gasteiger partial charge in [0.2, 0.25) is 11.1 Å². The molecule has 3 rings (SSSR count). The zero-order chi connectivity index (χ0) is 27.7. The maximum Gasteiger partial charge on any atom is 0.353 e. The van der Waals surface area contributed by atoms with Crippen LogP contribution in [0.2, 0.25) is 0 Å². The first-order chi connectivity index (χ1) is 17.4. The van der Waals surface area contributed by atoms with Crippen LogP contribution in [-0.2, 0) is 40.6 Å². The fourth-order valence-electron chi connectivity index (χ4n) is 3.02. The van der Waals surface area contributed by atoms with Gasteiger partial charge in [-0.1, -0.05) is 35.3 Å². The Morgan fingerprint density at radius 3 is 2.27 bits per heavy atom. The summed E-state index contributed by atoms with van der Waals surface area (Å²) < 4.78 is 5.28. The van der Waals surface area contributed by atoms with Crippen molar-refractivity contribution in [3.8, 4) is 0 Å². The molecule has 0 spiro atoms. The maximum absolute atomic E-state index is 13.0. The molecule has 0 unspecified atom stereocenters. The van der Waals surface area contributed by atoms with E-state index in [0.29, 0.717) is 33.6 Å². The number of nitrogens with two attached hydrogens (primary N) is 1. The van der Waals surface area contributed by atoms with Gasteiger partial charge in [-0.05, 0) is 16.0 Å². The number of carbonyl (C=O) groups is 6. The van der Waals surface area contributed by atoms with E-state index in [0.717, 1.165) is 18.9 Å². The van der Waals surface area contributed by atoms with Crippen LogP contribution >= 0.6 is 47.9 Å². The lowest BCUT2D eigenvalue weighted by Crippen LogP contribution is -2.79. The van der Waals surface area contributed by atoms with Gasteiger partial charge in [0.25, 0.3) is 17.7 Å². The summed E-state index contributed by atoms with van der Waals surface area (Å²) >= 11 is 6.53. The molecular formula is C17H17N7O9S4. The van der Waals surface area contributed by atoms with E-state index in [9.17, 15) is 33.9 Å². The highest BCUT2D eigenvalue weighted by atomic mass is 32.3. The van der Waals surface area contributed by atoms with E-state index < -0.39 is 57.1 Å². The van der Waals surface area contributed by atoms with Crippen molar-refractivity contribution >= 4 is 83.5 Å². The van der Waals surface area contributed by atoms with Gasteiger partial charge in [0.05, 0.1) is 4.24 Å². The van der Waals surface area contributed by atoms with Gasteiger partial charge in [0, 0.05) is 25.7 Å². The second kappa shape index (κ2) is 11.1. The number of carbonyl (C=O) groups excluding carboxylic acids is 4. The number of methoxy groups -OCH3 is 1. The number of thioether (sulfide) groups is 3. The lowest BCUT2D eigenvalue weighted by Gasteiger charge is -2.45. The van der Waals surface area contributed by atoms with Crippen LogP contribution in [0, 0.1) is 0 Å². The third kappa shape index (κ3) is 5.19. The molecule has 2 saturated heterocycles. The summed E-state index contributed by atoms with van der Waals surface area (Å²) in [4.78, 5) is 73.6. The van der Waals surface area contributed by atoms with Gasteiger partial charge in [-0.25, -0.2) is 19.2 Å². The van der Waals surface area contributed by atoms with E-state index in [1.54, 1.807) is 7.05 Å². The zero-order valence-corrected chi connectivity index (χ0v) is 22.1. The van der Waals surface area contributed by atoms with Crippen molar-refractivity contribution in [2.45, 2.75) is 15.5 Å². The average molecular weight is 592 g/mol. The van der Waals surface area contributed by atoms with Crippen LogP contribution in [0.3, 0.4) is 0 Å². The number of hydrogen-bond acceptors (Lipinski definition) is 14. The number of β-lactam (4-membered cyclic amide) rings is 2. The number of aromatic nitrogens is 4. The quantitative estimate of drug-likeness (QED) is 0.0355. The van der Waals surface area contributed by atoms with Crippen LogP contribution in [0.15, 0.2) is 26.2 Å². The van der Waals surface area contributed by atoms with Crippen LogP contribution in [0.1, 0.15) is 0 Å². The normalized spacial score (nSPS) is 18.9. The molecule has 16 nitrogen and oxygen atoms in total. The number of rotatable bonds is 11. The van der Waals surface area contributed by atoms with Gasteiger partial charge in [-0.3, -0.25) is 19.2 Å². The first kappa shape index (κ1) is 28.5. The minimum Gasteiger partial charge on any atom is -0.477 e. The Kier molecular flexibility index (Phi) is 8.57. The first-order valence-electron chi connectivity index (χ1n) is 9.67. The molecule has 198 valence electrons. The number of ether oxygens (including phenoxy) is 1. The summed E-state index contributed by atoms with van der Waals surface area (Å²) in [5.74, 6) is -7.76. The highest BCUT2D eigenvalue weighted by Gasteiger charge is 2.66. The fourth-order valence-corrected chi connectivity index (χ4v) is 6.51. The molecule has 4 amide bonds. The van der Waals surface area contributed by atoms with Crippen LogP contribution in [-0.4, -0.2) is 99.8 Å². The molecular weight excluding hydrogens is 574 g/mol. The van der Waals surface area contributed by atoms with Crippen molar-refractivity contribution in [1.29, 1.82) is 0 Å². The molecule has 0 radical (unpaired) electrons. The second-order valence-electron chi connectivity index (χ2n) is 7.01. The molecule has 0 atom stereocenters. The zero-order valence-electron chi connectivity index (χ0n) is 18.7. The summed E-state index contributed by atoms with van der Waals surface area (Å²) in [6, 6.07) is 0. The number of tetrazole rings is 1. The van der Waals surface area contributed by atoms with E-state index >= 15 is 0 Å². The van der Waals surface area contributed by atoms with E-state index in [2.05, 4.69) is 33.5 Å². The number of likely N-dealkylation sites (tertiary alicyclic amines) is 1. The summed E-state index contributed by atoms with van der Waals surface area (Å²) in [6.45, 7) is 0. The van der Waals surface area contributed by atoms with E-state index in [4.69, 9.17) is 15.6 Å². The number of thiol groups is 1. The van der Waals surface area contributed by atoms with Crippen molar-refractivity contribution in [2.24, 2.45) is 12.8 Å². The number of carboxylic acids is 2. The molecule has 1 aromatic heterocycles. The Morgan fingerprint density at radius 1 is 1.22 bits per heavy atom. The largest absolute Gasteiger partial charge is 0.477 e. The van der Waals surface area contributed by atoms with E-state index in [1.165, 1.54) is 4.68 Å². The van der Waals surface area contributed by atoms with Gasteiger partial charge in [0.15, 0.2) is 0 Å². The van der Waals surface area contributed by atoms with Gasteiger partial charge in [-0.15, -0.1) is 5.10 Å². The summed E-state index contributed by atoms with van der Waals surface area (Å²) in [5.41, 5.74) is 1.27. The molecule has 1 aromatic rings. The molecule has 3 heterocycles. The van der Waals surface area contributed by atoms with Gasteiger partial charge >= 0.3 is 17.7 Å². The van der Waals surface area contributed by atoms with Gasteiger partial charge < -0.3 is 26.0 Å². The Labute approximate surface area is 225 Å². The third-order valence-electron chi connectivity index (χ3n) is 4.83. The molecule has 20 heteroatoms. The molecule has 0 aromatic carbocycles. The lowest BCUT2D eigenvalue weighted by molar-refractivity contribution is -0.196. The molecule has 2 fully saturated rings. The fraction of sp³-hybridized carbons (Fsp3) is 0.353. The monoisotopic (exact) mass is 591 g/mol. The predicted molar refractivity (Wildman–Crippen MR) is 131 cm³/mol. The van der Waals surface area contributed by atoms with Crippen molar-refractivity contribution in [1.82, 2.24) is 30.4 Å². The van der Waals surface area contributed by atoms with E-state index in [-0.39, 0.29) is 21.3 Å². The van der Waals surface area contributed by atoms with Crippen LogP contribution in [0.4, 0.5) is 0 Å². The van der Waals surface area contributed by atoms with Crippen LogP contribution in [0.5, 0.6) is 0 Å². The number of nitrogens with zero attached hydrogens (tertiary/aromatic N) is 5. The lowest BCUT2D eigenvalue weighted by atomic mass is 9.98. The highest BCUT2D eigenvalue weighted by Crippen LogP contribution is 2.53. The smallest absolute Gasteiger partial charge is 0.353 e. The maximum atomic E-state index is 13.0. The number of carboxylic acid groups (broad SMARTS) is 2. The topological polar surface area (TPSA) is 237 Å². The summed E-state index contributed by atoms with van der Waals surface area (Å²) in [6.07, 6.45) is 0. The Hall–Kier alpha value is -3.07. The third-order valence-corrected chi connectivity index (χ3v) is 9.16. The summed E-state index contributed by atoms with van der Waals surface area (Å²) in [5, 5.41) is 32.2. The standard InChI is InChI=1S/C17H17N7O9S4/c1-23-16(20-21-22-23)35-4-5(3-34)7(11(29)30)24-14(31)17(33-2,15(24)32)19-9(26)13-36-12(37-13)6(8(18)25)10(27)28/h13,34H,3-4H2,1-2H3,(H2,18,25)(H,19,26)(H,27,28)(H,29,30). The number of imide groups is 1. The van der Waals surface area contributed by atoms with Crippen molar-refractivity contribution < 1.29 is 43.7 Å². The average Bonchev–Trinajstić information content (AvgIpc) is 3.22. The number of aryl methyl sites for hydroxylation is 1. The number of hydrogen-bond donors (Lipinski definition) is 5.